The van der Waals surface area contributed by atoms with Gasteiger partial charge in [0.15, 0.2) is 10.8 Å². The Morgan fingerprint density at radius 1 is 1.19 bits per heavy atom. The SMILES string of the molecule is Cc1ccc(-n2ncc3c(=O)n4c(nc32)SCC4CC(=O)NC2CCCCCC2)c(C)c1. The number of carbonyl (C=O) groups excluding carboxylic acids is 1. The Morgan fingerprint density at radius 2 is 1.97 bits per heavy atom. The molecule has 0 radical (unpaired) electrons. The smallest absolute Gasteiger partial charge is 0.265 e. The Hall–Kier alpha value is -2.61. The summed E-state index contributed by atoms with van der Waals surface area (Å²) >= 11 is 1.54. The minimum absolute atomic E-state index is 0.0355. The number of thioether (sulfide) groups is 1. The van der Waals surface area contributed by atoms with Crippen LogP contribution in [0.3, 0.4) is 0 Å². The zero-order valence-corrected chi connectivity index (χ0v) is 19.5. The molecule has 3 heterocycles. The third kappa shape index (κ3) is 3.96. The minimum atomic E-state index is -0.172. The third-order valence-electron chi connectivity index (χ3n) is 6.59. The largest absolute Gasteiger partial charge is 0.353 e. The minimum Gasteiger partial charge on any atom is -0.353 e. The molecule has 1 amide bonds. The number of aromatic nitrogens is 4. The highest BCUT2D eigenvalue weighted by atomic mass is 32.2. The molecule has 168 valence electrons. The maximum Gasteiger partial charge on any atom is 0.265 e. The number of hydrogen-bond acceptors (Lipinski definition) is 5. The predicted molar refractivity (Wildman–Crippen MR) is 127 cm³/mol. The first-order chi connectivity index (χ1) is 15.5. The Morgan fingerprint density at radius 3 is 2.72 bits per heavy atom. The Labute approximate surface area is 191 Å². The lowest BCUT2D eigenvalue weighted by Gasteiger charge is -2.18. The summed E-state index contributed by atoms with van der Waals surface area (Å²) in [6, 6.07) is 6.24. The molecule has 7 nitrogen and oxygen atoms in total. The lowest BCUT2D eigenvalue weighted by molar-refractivity contribution is -0.122. The molecule has 0 bridgehead atoms. The molecule has 3 aromatic rings. The van der Waals surface area contributed by atoms with Gasteiger partial charge in [-0.15, -0.1) is 0 Å². The average Bonchev–Trinajstić information content (AvgIpc) is 3.26. The first-order valence-corrected chi connectivity index (χ1v) is 12.5. The van der Waals surface area contributed by atoms with Gasteiger partial charge >= 0.3 is 0 Å². The van der Waals surface area contributed by atoms with Gasteiger partial charge < -0.3 is 5.32 Å². The van der Waals surface area contributed by atoms with Crippen LogP contribution in [-0.4, -0.2) is 37.0 Å². The van der Waals surface area contributed by atoms with E-state index in [9.17, 15) is 9.59 Å². The second kappa shape index (κ2) is 8.73. The number of amides is 1. The number of aryl methyl sites for hydroxylation is 2. The monoisotopic (exact) mass is 451 g/mol. The number of benzene rings is 1. The molecule has 0 spiro atoms. The highest BCUT2D eigenvalue weighted by Crippen LogP contribution is 2.33. The van der Waals surface area contributed by atoms with Gasteiger partial charge in [0.2, 0.25) is 5.91 Å². The molecule has 32 heavy (non-hydrogen) atoms. The predicted octanol–water partition coefficient (Wildman–Crippen LogP) is 4.07. The fourth-order valence-electron chi connectivity index (χ4n) is 4.92. The molecule has 1 fully saturated rings. The Bertz CT molecular complexity index is 1220. The van der Waals surface area contributed by atoms with Gasteiger partial charge in [-0.3, -0.25) is 14.2 Å². The van der Waals surface area contributed by atoms with Crippen molar-refractivity contribution in [3.05, 3.63) is 45.9 Å². The van der Waals surface area contributed by atoms with E-state index in [-0.39, 0.29) is 23.6 Å². The van der Waals surface area contributed by atoms with Crippen LogP contribution < -0.4 is 10.9 Å². The van der Waals surface area contributed by atoms with Crippen LogP contribution in [0, 0.1) is 13.8 Å². The first-order valence-electron chi connectivity index (χ1n) is 11.5. The molecule has 1 aliphatic carbocycles. The number of fused-ring (bicyclic) bond motifs is 2. The summed E-state index contributed by atoms with van der Waals surface area (Å²) in [6.45, 7) is 4.09. The van der Waals surface area contributed by atoms with E-state index in [0.717, 1.165) is 24.1 Å². The third-order valence-corrected chi connectivity index (χ3v) is 7.69. The van der Waals surface area contributed by atoms with Crippen LogP contribution in [0.15, 0.2) is 34.3 Å². The topological polar surface area (TPSA) is 81.8 Å². The molecule has 1 unspecified atom stereocenters. The summed E-state index contributed by atoms with van der Waals surface area (Å²) < 4.78 is 3.45. The standard InChI is InChI=1S/C24H29N5O2S/c1-15-9-10-20(16(2)11-15)29-22-19(13-25-29)23(31)28-18(14-32-24(28)27-22)12-21(30)26-17-7-5-3-4-6-8-17/h9-11,13,17-18H,3-8,12,14H2,1-2H3,(H,26,30). The van der Waals surface area contributed by atoms with Gasteiger partial charge in [-0.1, -0.05) is 55.1 Å². The maximum absolute atomic E-state index is 13.4. The van der Waals surface area contributed by atoms with Crippen LogP contribution in [0.2, 0.25) is 0 Å². The van der Waals surface area contributed by atoms with Crippen molar-refractivity contribution in [1.82, 2.24) is 24.6 Å². The zero-order chi connectivity index (χ0) is 22.2. The van der Waals surface area contributed by atoms with E-state index in [0.29, 0.717) is 28.4 Å². The summed E-state index contributed by atoms with van der Waals surface area (Å²) in [7, 11) is 0. The number of nitrogens with one attached hydrogen (secondary N) is 1. The highest BCUT2D eigenvalue weighted by Gasteiger charge is 2.30. The lowest BCUT2D eigenvalue weighted by Crippen LogP contribution is -2.36. The van der Waals surface area contributed by atoms with Gasteiger partial charge in [-0.2, -0.15) is 5.10 Å². The van der Waals surface area contributed by atoms with Crippen molar-refractivity contribution in [3.8, 4) is 5.69 Å². The number of nitrogens with zero attached hydrogens (tertiary/aromatic N) is 4. The molecule has 2 aromatic heterocycles. The molecule has 2 aliphatic rings. The van der Waals surface area contributed by atoms with Gasteiger partial charge in [0.25, 0.3) is 5.56 Å². The Kier molecular flexibility index (Phi) is 5.80. The van der Waals surface area contributed by atoms with E-state index in [4.69, 9.17) is 4.98 Å². The van der Waals surface area contributed by atoms with E-state index >= 15 is 0 Å². The lowest BCUT2D eigenvalue weighted by atomic mass is 10.1. The number of carbonyl (C=O) groups is 1. The summed E-state index contributed by atoms with van der Waals surface area (Å²) in [6.07, 6.45) is 8.90. The van der Waals surface area contributed by atoms with E-state index in [2.05, 4.69) is 23.4 Å². The van der Waals surface area contributed by atoms with E-state index in [1.807, 2.05) is 19.1 Å². The first kappa shape index (κ1) is 21.2. The Balaban J connectivity index is 1.41. The van der Waals surface area contributed by atoms with Gasteiger partial charge in [-0.05, 0) is 38.3 Å². The zero-order valence-electron chi connectivity index (χ0n) is 18.6. The molecular formula is C24H29N5O2S. The second-order valence-electron chi connectivity index (χ2n) is 9.08. The van der Waals surface area contributed by atoms with Crippen LogP contribution in [-0.2, 0) is 4.79 Å². The average molecular weight is 452 g/mol. The summed E-state index contributed by atoms with van der Waals surface area (Å²) in [5.74, 6) is 0.720. The summed E-state index contributed by atoms with van der Waals surface area (Å²) in [5.41, 5.74) is 3.64. The summed E-state index contributed by atoms with van der Waals surface area (Å²) in [4.78, 5) is 30.9. The van der Waals surface area contributed by atoms with Crippen molar-refractivity contribution in [2.75, 3.05) is 5.75 Å². The molecule has 8 heteroatoms. The van der Waals surface area contributed by atoms with Gasteiger partial charge in [0, 0.05) is 18.2 Å². The molecule has 1 N–H and O–H groups in total. The van der Waals surface area contributed by atoms with Crippen molar-refractivity contribution in [2.24, 2.45) is 0 Å². The molecule has 1 aromatic carbocycles. The van der Waals surface area contributed by atoms with Crippen LogP contribution in [0.25, 0.3) is 16.7 Å². The second-order valence-corrected chi connectivity index (χ2v) is 10.1. The van der Waals surface area contributed by atoms with Gasteiger partial charge in [0.05, 0.1) is 17.9 Å². The van der Waals surface area contributed by atoms with E-state index < -0.39 is 0 Å². The van der Waals surface area contributed by atoms with Gasteiger partial charge in [-0.25, -0.2) is 9.67 Å². The van der Waals surface area contributed by atoms with Crippen molar-refractivity contribution in [3.63, 3.8) is 0 Å². The molecule has 1 atom stereocenters. The molecule has 1 saturated carbocycles. The number of hydrogen-bond donors (Lipinski definition) is 1. The fraction of sp³-hybridized carbons (Fsp3) is 0.500. The van der Waals surface area contributed by atoms with Crippen LogP contribution in [0.5, 0.6) is 0 Å². The summed E-state index contributed by atoms with van der Waals surface area (Å²) in [5, 5.41) is 8.85. The maximum atomic E-state index is 13.4. The molecule has 0 saturated heterocycles. The number of rotatable bonds is 4. The van der Waals surface area contributed by atoms with Crippen molar-refractivity contribution in [1.29, 1.82) is 0 Å². The van der Waals surface area contributed by atoms with Crippen LogP contribution >= 0.6 is 11.8 Å². The van der Waals surface area contributed by atoms with Crippen molar-refractivity contribution < 1.29 is 4.79 Å². The molecule has 1 aliphatic heterocycles. The van der Waals surface area contributed by atoms with Crippen LogP contribution in [0.4, 0.5) is 0 Å². The van der Waals surface area contributed by atoms with E-state index in [1.165, 1.54) is 31.2 Å². The van der Waals surface area contributed by atoms with Crippen molar-refractivity contribution >= 4 is 28.7 Å². The highest BCUT2D eigenvalue weighted by molar-refractivity contribution is 7.99. The van der Waals surface area contributed by atoms with Crippen LogP contribution in [0.1, 0.15) is 62.1 Å². The van der Waals surface area contributed by atoms with Gasteiger partial charge in [0.1, 0.15) is 5.39 Å². The molecular weight excluding hydrogens is 422 g/mol. The quantitative estimate of drug-likeness (QED) is 0.478. The van der Waals surface area contributed by atoms with Crippen molar-refractivity contribution in [2.45, 2.75) is 76.0 Å². The van der Waals surface area contributed by atoms with E-state index in [1.54, 1.807) is 27.2 Å². The molecule has 5 rings (SSSR count). The normalized spacial score (nSPS) is 19.1. The fourth-order valence-corrected chi connectivity index (χ4v) is 6.05.